The summed E-state index contributed by atoms with van der Waals surface area (Å²) < 4.78 is 11.2. The minimum Gasteiger partial charge on any atom is -0.492 e. The Morgan fingerprint density at radius 3 is 2.84 bits per heavy atom. The SMILES string of the molecule is O=CC1COc2cc(OCc3ccccc3)ccc21. The Labute approximate surface area is 111 Å². The summed E-state index contributed by atoms with van der Waals surface area (Å²) in [6, 6.07) is 15.6. The van der Waals surface area contributed by atoms with Gasteiger partial charge in [-0.3, -0.25) is 0 Å². The first-order valence-electron chi connectivity index (χ1n) is 6.25. The van der Waals surface area contributed by atoms with Crippen LogP contribution in [-0.2, 0) is 11.4 Å². The molecule has 0 aliphatic carbocycles. The number of hydrogen-bond donors (Lipinski definition) is 0. The number of rotatable bonds is 4. The van der Waals surface area contributed by atoms with Gasteiger partial charge in [-0.25, -0.2) is 0 Å². The van der Waals surface area contributed by atoms with E-state index in [0.717, 1.165) is 28.9 Å². The summed E-state index contributed by atoms with van der Waals surface area (Å²) in [5, 5.41) is 0. The second-order valence-electron chi connectivity index (χ2n) is 4.53. The molecule has 2 aromatic rings. The van der Waals surface area contributed by atoms with Gasteiger partial charge in [0.05, 0.1) is 5.92 Å². The lowest BCUT2D eigenvalue weighted by Crippen LogP contribution is -2.00. The van der Waals surface area contributed by atoms with Crippen LogP contribution in [0.4, 0.5) is 0 Å². The van der Waals surface area contributed by atoms with E-state index in [2.05, 4.69) is 0 Å². The van der Waals surface area contributed by atoms with Gasteiger partial charge in [0.1, 0.15) is 31.0 Å². The zero-order chi connectivity index (χ0) is 13.1. The molecule has 0 aromatic heterocycles. The first kappa shape index (κ1) is 11.8. The van der Waals surface area contributed by atoms with Crippen molar-refractivity contribution in [1.82, 2.24) is 0 Å². The number of carbonyl (C=O) groups is 1. The van der Waals surface area contributed by atoms with Crippen LogP contribution >= 0.6 is 0 Å². The molecule has 0 radical (unpaired) electrons. The van der Waals surface area contributed by atoms with Gasteiger partial charge in [-0.05, 0) is 11.6 Å². The van der Waals surface area contributed by atoms with E-state index < -0.39 is 0 Å². The Kier molecular flexibility index (Phi) is 3.19. The maximum atomic E-state index is 10.9. The minimum absolute atomic E-state index is 0.141. The maximum Gasteiger partial charge on any atom is 0.131 e. The van der Waals surface area contributed by atoms with E-state index in [9.17, 15) is 4.79 Å². The highest BCUT2D eigenvalue weighted by atomic mass is 16.5. The van der Waals surface area contributed by atoms with Crippen LogP contribution in [0.2, 0.25) is 0 Å². The molecule has 0 N–H and O–H groups in total. The number of hydrogen-bond acceptors (Lipinski definition) is 3. The molecule has 0 amide bonds. The van der Waals surface area contributed by atoms with Crippen LogP contribution < -0.4 is 9.47 Å². The first-order chi connectivity index (χ1) is 9.36. The van der Waals surface area contributed by atoms with E-state index in [0.29, 0.717) is 13.2 Å². The zero-order valence-corrected chi connectivity index (χ0v) is 10.4. The van der Waals surface area contributed by atoms with Crippen molar-refractivity contribution in [3.8, 4) is 11.5 Å². The van der Waals surface area contributed by atoms with Crippen LogP contribution in [0.15, 0.2) is 48.5 Å². The highest BCUT2D eigenvalue weighted by molar-refractivity contribution is 5.67. The van der Waals surface area contributed by atoms with Crippen molar-refractivity contribution in [2.75, 3.05) is 6.61 Å². The summed E-state index contributed by atoms with van der Waals surface area (Å²) in [6.07, 6.45) is 0.927. The van der Waals surface area contributed by atoms with Crippen LogP contribution in [-0.4, -0.2) is 12.9 Å². The number of benzene rings is 2. The summed E-state index contributed by atoms with van der Waals surface area (Å²) in [4.78, 5) is 10.9. The second kappa shape index (κ2) is 5.14. The summed E-state index contributed by atoms with van der Waals surface area (Å²) >= 11 is 0. The van der Waals surface area contributed by atoms with Crippen LogP contribution in [0.25, 0.3) is 0 Å². The molecule has 1 aliphatic rings. The fourth-order valence-corrected chi connectivity index (χ4v) is 2.16. The van der Waals surface area contributed by atoms with E-state index in [1.165, 1.54) is 0 Å². The summed E-state index contributed by atoms with van der Waals surface area (Å²) in [5.41, 5.74) is 2.07. The quantitative estimate of drug-likeness (QED) is 0.787. The highest BCUT2D eigenvalue weighted by Gasteiger charge is 2.23. The van der Waals surface area contributed by atoms with Gasteiger partial charge in [-0.1, -0.05) is 36.4 Å². The van der Waals surface area contributed by atoms with Crippen LogP contribution in [0.1, 0.15) is 17.0 Å². The Morgan fingerprint density at radius 1 is 1.21 bits per heavy atom. The lowest BCUT2D eigenvalue weighted by Gasteiger charge is -2.08. The van der Waals surface area contributed by atoms with Crippen LogP contribution in [0, 0.1) is 0 Å². The van der Waals surface area contributed by atoms with Crippen molar-refractivity contribution >= 4 is 6.29 Å². The molecule has 3 heteroatoms. The van der Waals surface area contributed by atoms with Gasteiger partial charge < -0.3 is 14.3 Å². The van der Waals surface area contributed by atoms with E-state index >= 15 is 0 Å². The number of aldehydes is 1. The molecule has 1 atom stereocenters. The molecule has 0 saturated carbocycles. The average molecular weight is 254 g/mol. The van der Waals surface area contributed by atoms with E-state index in [1.54, 1.807) is 0 Å². The molecule has 0 saturated heterocycles. The number of fused-ring (bicyclic) bond motifs is 1. The molecule has 96 valence electrons. The van der Waals surface area contributed by atoms with Crippen molar-refractivity contribution in [2.45, 2.75) is 12.5 Å². The predicted molar refractivity (Wildman–Crippen MR) is 71.5 cm³/mol. The summed E-state index contributed by atoms with van der Waals surface area (Å²) in [6.45, 7) is 0.956. The van der Waals surface area contributed by atoms with Gasteiger partial charge in [0, 0.05) is 11.6 Å². The van der Waals surface area contributed by atoms with E-state index in [-0.39, 0.29) is 5.92 Å². The second-order valence-corrected chi connectivity index (χ2v) is 4.53. The van der Waals surface area contributed by atoms with Crippen molar-refractivity contribution in [3.63, 3.8) is 0 Å². The van der Waals surface area contributed by atoms with Crippen molar-refractivity contribution in [3.05, 3.63) is 59.7 Å². The lowest BCUT2D eigenvalue weighted by atomic mass is 10.0. The normalized spacial score (nSPS) is 16.5. The Hall–Kier alpha value is -2.29. The third-order valence-electron chi connectivity index (χ3n) is 3.22. The van der Waals surface area contributed by atoms with Crippen molar-refractivity contribution in [1.29, 1.82) is 0 Å². The van der Waals surface area contributed by atoms with Gasteiger partial charge in [-0.2, -0.15) is 0 Å². The fraction of sp³-hybridized carbons (Fsp3) is 0.188. The third-order valence-corrected chi connectivity index (χ3v) is 3.22. The molecule has 3 nitrogen and oxygen atoms in total. The topological polar surface area (TPSA) is 35.5 Å². The van der Waals surface area contributed by atoms with Crippen molar-refractivity contribution < 1.29 is 14.3 Å². The lowest BCUT2D eigenvalue weighted by molar-refractivity contribution is -0.109. The molecule has 0 spiro atoms. The smallest absolute Gasteiger partial charge is 0.131 e. The summed E-state index contributed by atoms with van der Waals surface area (Å²) in [5.74, 6) is 1.37. The summed E-state index contributed by atoms with van der Waals surface area (Å²) in [7, 11) is 0. The molecule has 0 bridgehead atoms. The Morgan fingerprint density at radius 2 is 2.05 bits per heavy atom. The molecule has 3 rings (SSSR count). The van der Waals surface area contributed by atoms with Gasteiger partial charge in [0.25, 0.3) is 0 Å². The maximum absolute atomic E-state index is 10.9. The van der Waals surface area contributed by atoms with E-state index in [4.69, 9.17) is 9.47 Å². The fourth-order valence-electron chi connectivity index (χ4n) is 2.16. The molecular weight excluding hydrogens is 240 g/mol. The largest absolute Gasteiger partial charge is 0.492 e. The van der Waals surface area contributed by atoms with Gasteiger partial charge >= 0.3 is 0 Å². The number of carbonyl (C=O) groups excluding carboxylic acids is 1. The molecule has 0 fully saturated rings. The Bertz CT molecular complexity index is 578. The van der Waals surface area contributed by atoms with Gasteiger partial charge in [0.2, 0.25) is 0 Å². The minimum atomic E-state index is -0.141. The number of ether oxygens (including phenoxy) is 2. The van der Waals surface area contributed by atoms with Crippen molar-refractivity contribution in [2.24, 2.45) is 0 Å². The highest BCUT2D eigenvalue weighted by Crippen LogP contribution is 2.35. The molecule has 2 aromatic carbocycles. The Balaban J connectivity index is 1.72. The predicted octanol–water partition coefficient (Wildman–Crippen LogP) is 2.94. The molecule has 19 heavy (non-hydrogen) atoms. The molecule has 1 aliphatic heterocycles. The van der Waals surface area contributed by atoms with Gasteiger partial charge in [-0.15, -0.1) is 0 Å². The zero-order valence-electron chi connectivity index (χ0n) is 10.4. The first-order valence-corrected chi connectivity index (χ1v) is 6.25. The average Bonchev–Trinajstić information content (AvgIpc) is 2.88. The standard InChI is InChI=1S/C16H14O3/c17-9-13-11-19-16-8-14(6-7-15(13)16)18-10-12-4-2-1-3-5-12/h1-9,13H,10-11H2. The van der Waals surface area contributed by atoms with Crippen LogP contribution in [0.3, 0.4) is 0 Å². The van der Waals surface area contributed by atoms with E-state index in [1.807, 2.05) is 48.5 Å². The van der Waals surface area contributed by atoms with Crippen LogP contribution in [0.5, 0.6) is 11.5 Å². The third kappa shape index (κ3) is 2.45. The monoisotopic (exact) mass is 254 g/mol. The van der Waals surface area contributed by atoms with Gasteiger partial charge in [0.15, 0.2) is 0 Å². The molecule has 1 unspecified atom stereocenters. The molecule has 1 heterocycles. The molecular formula is C16H14O3.